The van der Waals surface area contributed by atoms with Crippen LogP contribution in [0.15, 0.2) is 42.5 Å². The molecule has 156 valence electrons. The van der Waals surface area contributed by atoms with Crippen LogP contribution in [0.3, 0.4) is 0 Å². The van der Waals surface area contributed by atoms with E-state index < -0.39 is 0 Å². The molecular weight excluding hydrogens is 366 g/mol. The molecule has 0 bridgehead atoms. The Balaban J connectivity index is 1.38. The van der Waals surface area contributed by atoms with Gasteiger partial charge in [-0.05, 0) is 62.2 Å². The number of hydrogen-bond acceptors (Lipinski definition) is 4. The predicted molar refractivity (Wildman–Crippen MR) is 116 cm³/mol. The summed E-state index contributed by atoms with van der Waals surface area (Å²) in [6, 6.07) is 13.9. The number of carbonyl (C=O) groups is 1. The van der Waals surface area contributed by atoms with Crippen LogP contribution in [0.2, 0.25) is 0 Å². The van der Waals surface area contributed by atoms with Gasteiger partial charge < -0.3 is 24.6 Å². The smallest absolute Gasteiger partial charge is 0.317 e. The molecule has 0 aromatic heterocycles. The Kier molecular flexibility index (Phi) is 7.22. The van der Waals surface area contributed by atoms with Crippen molar-refractivity contribution in [1.29, 1.82) is 0 Å². The molecule has 0 saturated carbocycles. The number of aryl methyl sites for hydroxylation is 1. The molecule has 3 rings (SSSR count). The summed E-state index contributed by atoms with van der Waals surface area (Å²) in [5.74, 6) is 1.60. The number of amides is 2. The van der Waals surface area contributed by atoms with Crippen molar-refractivity contribution in [3.05, 3.63) is 53.6 Å². The largest absolute Gasteiger partial charge is 0.494 e. The van der Waals surface area contributed by atoms with Crippen LogP contribution >= 0.6 is 0 Å². The second-order valence-electron chi connectivity index (χ2n) is 7.18. The van der Waals surface area contributed by atoms with Gasteiger partial charge in [0, 0.05) is 31.9 Å². The zero-order valence-electron chi connectivity index (χ0n) is 17.6. The van der Waals surface area contributed by atoms with Crippen molar-refractivity contribution in [2.45, 2.75) is 20.8 Å². The summed E-state index contributed by atoms with van der Waals surface area (Å²) in [6.45, 7) is 10.9. The lowest BCUT2D eigenvalue weighted by atomic mass is 10.1. The topological polar surface area (TPSA) is 54.0 Å². The second kappa shape index (κ2) is 10.0. The van der Waals surface area contributed by atoms with Crippen molar-refractivity contribution < 1.29 is 14.3 Å². The van der Waals surface area contributed by atoms with Crippen molar-refractivity contribution in [3.8, 4) is 11.5 Å². The number of nitrogens with one attached hydrogen (secondary N) is 1. The highest BCUT2D eigenvalue weighted by Gasteiger charge is 2.22. The van der Waals surface area contributed by atoms with Crippen LogP contribution in [0, 0.1) is 13.8 Å². The van der Waals surface area contributed by atoms with E-state index in [1.807, 2.05) is 36.1 Å². The maximum Gasteiger partial charge on any atom is 0.317 e. The molecule has 2 aromatic carbocycles. The van der Waals surface area contributed by atoms with Gasteiger partial charge in [0.2, 0.25) is 0 Å². The third-order valence-corrected chi connectivity index (χ3v) is 5.27. The molecule has 2 aromatic rings. The van der Waals surface area contributed by atoms with E-state index in [9.17, 15) is 4.79 Å². The van der Waals surface area contributed by atoms with Gasteiger partial charge in [-0.1, -0.05) is 12.1 Å². The number of anilines is 1. The summed E-state index contributed by atoms with van der Waals surface area (Å²) in [5.41, 5.74) is 3.89. The van der Waals surface area contributed by atoms with Crippen LogP contribution in [-0.4, -0.2) is 56.9 Å². The molecule has 0 radical (unpaired) electrons. The Morgan fingerprint density at radius 2 is 1.62 bits per heavy atom. The standard InChI is InChI=1S/C23H31N3O3/c1-4-28-20-8-10-21(11-9-20)29-17-12-24-23(27)26-15-13-25(14-16-26)22-7-5-6-18(2)19(22)3/h5-11H,4,12-17H2,1-3H3,(H,24,27). The average Bonchev–Trinajstić information content (AvgIpc) is 2.74. The predicted octanol–water partition coefficient (Wildman–Crippen LogP) is 3.61. The van der Waals surface area contributed by atoms with Gasteiger partial charge in [-0.2, -0.15) is 0 Å². The fourth-order valence-corrected chi connectivity index (χ4v) is 3.47. The summed E-state index contributed by atoms with van der Waals surface area (Å²) in [6.07, 6.45) is 0. The molecule has 0 atom stereocenters. The first kappa shape index (κ1) is 20.8. The van der Waals surface area contributed by atoms with Gasteiger partial charge in [-0.3, -0.25) is 0 Å². The highest BCUT2D eigenvalue weighted by atomic mass is 16.5. The number of nitrogens with zero attached hydrogens (tertiary/aromatic N) is 2. The lowest BCUT2D eigenvalue weighted by Crippen LogP contribution is -2.52. The van der Waals surface area contributed by atoms with Gasteiger partial charge in [0.1, 0.15) is 18.1 Å². The molecule has 1 aliphatic rings. The Morgan fingerprint density at radius 3 is 2.28 bits per heavy atom. The Hall–Kier alpha value is -2.89. The van der Waals surface area contributed by atoms with Crippen LogP contribution in [0.5, 0.6) is 11.5 Å². The van der Waals surface area contributed by atoms with E-state index in [1.54, 1.807) is 0 Å². The SMILES string of the molecule is CCOc1ccc(OCCNC(=O)N2CCN(c3cccc(C)c3C)CC2)cc1. The van der Waals surface area contributed by atoms with Crippen molar-refractivity contribution in [1.82, 2.24) is 10.2 Å². The Morgan fingerprint density at radius 1 is 0.966 bits per heavy atom. The van der Waals surface area contributed by atoms with Crippen LogP contribution in [0.1, 0.15) is 18.1 Å². The van der Waals surface area contributed by atoms with Gasteiger partial charge in [-0.15, -0.1) is 0 Å². The number of urea groups is 1. The van der Waals surface area contributed by atoms with Crippen molar-refractivity contribution in [3.63, 3.8) is 0 Å². The van der Waals surface area contributed by atoms with Crippen LogP contribution in [-0.2, 0) is 0 Å². The van der Waals surface area contributed by atoms with Gasteiger partial charge in [0.25, 0.3) is 0 Å². The molecule has 6 nitrogen and oxygen atoms in total. The fourth-order valence-electron chi connectivity index (χ4n) is 3.47. The fraction of sp³-hybridized carbons (Fsp3) is 0.435. The molecule has 2 amide bonds. The summed E-state index contributed by atoms with van der Waals surface area (Å²) >= 11 is 0. The Bertz CT molecular complexity index is 800. The number of benzene rings is 2. The molecule has 0 unspecified atom stereocenters. The first-order chi connectivity index (χ1) is 14.1. The van der Waals surface area contributed by atoms with Gasteiger partial charge in [-0.25, -0.2) is 4.79 Å². The van der Waals surface area contributed by atoms with Crippen LogP contribution < -0.4 is 19.7 Å². The first-order valence-corrected chi connectivity index (χ1v) is 10.3. The quantitative estimate of drug-likeness (QED) is 0.725. The summed E-state index contributed by atoms with van der Waals surface area (Å²) < 4.78 is 11.1. The maximum atomic E-state index is 12.4. The summed E-state index contributed by atoms with van der Waals surface area (Å²) in [7, 11) is 0. The highest BCUT2D eigenvalue weighted by molar-refractivity contribution is 5.74. The number of carbonyl (C=O) groups excluding carboxylic acids is 1. The zero-order valence-corrected chi connectivity index (χ0v) is 17.6. The van der Waals surface area contributed by atoms with E-state index in [0.717, 1.165) is 37.7 Å². The van der Waals surface area contributed by atoms with E-state index in [4.69, 9.17) is 9.47 Å². The highest BCUT2D eigenvalue weighted by Crippen LogP contribution is 2.23. The van der Waals surface area contributed by atoms with E-state index in [1.165, 1.54) is 16.8 Å². The van der Waals surface area contributed by atoms with Gasteiger partial charge in [0.05, 0.1) is 13.2 Å². The van der Waals surface area contributed by atoms with Crippen LogP contribution in [0.4, 0.5) is 10.5 Å². The number of rotatable bonds is 7. The van der Waals surface area contributed by atoms with E-state index in [0.29, 0.717) is 19.8 Å². The minimum atomic E-state index is -0.0269. The van der Waals surface area contributed by atoms with E-state index in [2.05, 4.69) is 42.3 Å². The summed E-state index contributed by atoms with van der Waals surface area (Å²) in [5, 5.41) is 2.95. The number of hydrogen-bond donors (Lipinski definition) is 1. The molecule has 1 saturated heterocycles. The molecule has 1 heterocycles. The zero-order chi connectivity index (χ0) is 20.6. The third-order valence-electron chi connectivity index (χ3n) is 5.27. The number of ether oxygens (including phenoxy) is 2. The monoisotopic (exact) mass is 397 g/mol. The van der Waals surface area contributed by atoms with E-state index >= 15 is 0 Å². The van der Waals surface area contributed by atoms with Crippen molar-refractivity contribution >= 4 is 11.7 Å². The Labute approximate surface area is 173 Å². The van der Waals surface area contributed by atoms with Crippen LogP contribution in [0.25, 0.3) is 0 Å². The van der Waals surface area contributed by atoms with Crippen molar-refractivity contribution in [2.75, 3.05) is 50.8 Å². The van der Waals surface area contributed by atoms with Gasteiger partial charge in [0.15, 0.2) is 0 Å². The third kappa shape index (κ3) is 5.56. The average molecular weight is 398 g/mol. The molecular formula is C23H31N3O3. The lowest BCUT2D eigenvalue weighted by molar-refractivity contribution is 0.191. The molecule has 1 fully saturated rings. The minimum Gasteiger partial charge on any atom is -0.494 e. The molecule has 6 heteroatoms. The van der Waals surface area contributed by atoms with E-state index in [-0.39, 0.29) is 6.03 Å². The number of piperazine rings is 1. The molecule has 1 N–H and O–H groups in total. The molecule has 0 spiro atoms. The normalized spacial score (nSPS) is 13.9. The first-order valence-electron chi connectivity index (χ1n) is 10.3. The van der Waals surface area contributed by atoms with Crippen molar-refractivity contribution in [2.24, 2.45) is 0 Å². The maximum absolute atomic E-state index is 12.4. The molecule has 1 aliphatic heterocycles. The lowest BCUT2D eigenvalue weighted by Gasteiger charge is -2.37. The second-order valence-corrected chi connectivity index (χ2v) is 7.18. The van der Waals surface area contributed by atoms with Gasteiger partial charge >= 0.3 is 6.03 Å². The molecule has 0 aliphatic carbocycles. The summed E-state index contributed by atoms with van der Waals surface area (Å²) in [4.78, 5) is 16.7. The molecule has 29 heavy (non-hydrogen) atoms. The minimum absolute atomic E-state index is 0.0269.